The number of hydrogen-bond acceptors (Lipinski definition) is 4. The second kappa shape index (κ2) is 9.78. The van der Waals surface area contributed by atoms with Crippen molar-refractivity contribution in [1.82, 2.24) is 0 Å². The molecule has 0 bridgehead atoms. The third-order valence-electron chi connectivity index (χ3n) is 5.19. The fourth-order valence-corrected chi connectivity index (χ4v) is 3.64. The van der Waals surface area contributed by atoms with E-state index in [9.17, 15) is 14.4 Å². The summed E-state index contributed by atoms with van der Waals surface area (Å²) in [4.78, 5) is 39.2. The minimum absolute atomic E-state index is 0.00627. The van der Waals surface area contributed by atoms with Crippen molar-refractivity contribution in [2.45, 2.75) is 12.8 Å². The first-order valence-electron chi connectivity index (χ1n) is 10.5. The van der Waals surface area contributed by atoms with Crippen LogP contribution in [0, 0.1) is 0 Å². The lowest BCUT2D eigenvalue weighted by atomic mass is 10.1. The second-order valence-corrected chi connectivity index (χ2v) is 7.43. The maximum absolute atomic E-state index is 12.7. The summed E-state index contributed by atoms with van der Waals surface area (Å²) in [5.41, 5.74) is 2.95. The Balaban J connectivity index is 1.42. The van der Waals surface area contributed by atoms with Crippen molar-refractivity contribution in [2.24, 2.45) is 0 Å². The normalized spacial score (nSPS) is 13.0. The molecule has 3 amide bonds. The van der Waals surface area contributed by atoms with Crippen LogP contribution in [-0.4, -0.2) is 30.8 Å². The van der Waals surface area contributed by atoms with E-state index in [4.69, 9.17) is 0 Å². The number of para-hydroxylation sites is 4. The van der Waals surface area contributed by atoms with E-state index in [2.05, 4.69) is 16.0 Å². The summed E-state index contributed by atoms with van der Waals surface area (Å²) in [6, 6.07) is 23.4. The first-order chi connectivity index (χ1) is 15.6. The van der Waals surface area contributed by atoms with Crippen molar-refractivity contribution in [3.8, 4) is 0 Å². The van der Waals surface area contributed by atoms with E-state index in [0.29, 0.717) is 35.6 Å². The third-order valence-corrected chi connectivity index (χ3v) is 5.19. The van der Waals surface area contributed by atoms with Gasteiger partial charge in [-0.1, -0.05) is 42.5 Å². The predicted octanol–water partition coefficient (Wildman–Crippen LogP) is 4.12. The molecule has 0 atom stereocenters. The van der Waals surface area contributed by atoms with Gasteiger partial charge in [-0.15, -0.1) is 0 Å². The van der Waals surface area contributed by atoms with Gasteiger partial charge < -0.3 is 20.9 Å². The number of nitrogens with zero attached hydrogens (tertiary/aromatic N) is 1. The summed E-state index contributed by atoms with van der Waals surface area (Å²) >= 11 is 0. The molecule has 162 valence electrons. The van der Waals surface area contributed by atoms with Crippen LogP contribution in [0.2, 0.25) is 0 Å². The number of nitrogens with one attached hydrogen (secondary N) is 3. The van der Waals surface area contributed by atoms with Crippen LogP contribution in [0.3, 0.4) is 0 Å². The first kappa shape index (κ1) is 21.1. The molecule has 7 nitrogen and oxygen atoms in total. The van der Waals surface area contributed by atoms with Gasteiger partial charge in [-0.25, -0.2) is 0 Å². The average Bonchev–Trinajstić information content (AvgIpc) is 3.24. The molecule has 0 saturated carbocycles. The number of anilines is 4. The van der Waals surface area contributed by atoms with Crippen LogP contribution in [0.15, 0.2) is 78.9 Å². The van der Waals surface area contributed by atoms with E-state index in [1.54, 1.807) is 41.3 Å². The lowest BCUT2D eigenvalue weighted by Gasteiger charge is -2.20. The highest BCUT2D eigenvalue weighted by Crippen LogP contribution is 2.29. The van der Waals surface area contributed by atoms with Crippen LogP contribution < -0.4 is 20.9 Å². The molecule has 1 heterocycles. The van der Waals surface area contributed by atoms with Gasteiger partial charge in [0.1, 0.15) is 0 Å². The van der Waals surface area contributed by atoms with Gasteiger partial charge in [-0.05, 0) is 42.8 Å². The van der Waals surface area contributed by atoms with E-state index < -0.39 is 0 Å². The minimum Gasteiger partial charge on any atom is -0.374 e. The quantitative estimate of drug-likeness (QED) is 0.528. The summed E-state index contributed by atoms with van der Waals surface area (Å²) in [5.74, 6) is -0.521. The Bertz CT molecular complexity index is 1130. The zero-order valence-electron chi connectivity index (χ0n) is 17.5. The average molecular weight is 428 g/mol. The van der Waals surface area contributed by atoms with Gasteiger partial charge in [-0.2, -0.15) is 0 Å². The summed E-state index contributed by atoms with van der Waals surface area (Å²) < 4.78 is 0. The Hall–Kier alpha value is -4.13. The molecule has 1 saturated heterocycles. The Labute approximate surface area is 186 Å². The van der Waals surface area contributed by atoms with Crippen LogP contribution in [0.25, 0.3) is 0 Å². The van der Waals surface area contributed by atoms with E-state index in [1.807, 2.05) is 42.5 Å². The number of rotatable bonds is 7. The fraction of sp³-hybridized carbons (Fsp3) is 0.160. The summed E-state index contributed by atoms with van der Waals surface area (Å²) in [7, 11) is 0. The molecule has 32 heavy (non-hydrogen) atoms. The Morgan fingerprint density at radius 3 is 2.25 bits per heavy atom. The standard InChI is InChI=1S/C25H24N4O3/c30-23(17-26-21-13-6-7-14-22(21)29-16-8-15-24(29)31)28-20-12-5-4-11-19(20)25(32)27-18-9-2-1-3-10-18/h1-7,9-14,26H,8,15-17H2,(H,27,32)(H,28,30). The molecule has 0 aliphatic carbocycles. The maximum atomic E-state index is 12.7. The first-order valence-corrected chi connectivity index (χ1v) is 10.5. The molecule has 0 unspecified atom stereocenters. The van der Waals surface area contributed by atoms with E-state index in [1.165, 1.54) is 0 Å². The molecule has 1 aliphatic heterocycles. The Morgan fingerprint density at radius 2 is 1.50 bits per heavy atom. The summed E-state index contributed by atoms with van der Waals surface area (Å²) in [6.07, 6.45) is 1.37. The van der Waals surface area contributed by atoms with Crippen LogP contribution in [0.1, 0.15) is 23.2 Å². The lowest BCUT2D eigenvalue weighted by molar-refractivity contribution is -0.117. The van der Waals surface area contributed by atoms with Crippen molar-refractivity contribution >= 4 is 40.5 Å². The molecular weight excluding hydrogens is 404 g/mol. The van der Waals surface area contributed by atoms with Crippen LogP contribution in [-0.2, 0) is 9.59 Å². The molecule has 3 N–H and O–H groups in total. The second-order valence-electron chi connectivity index (χ2n) is 7.43. The number of carbonyl (C=O) groups is 3. The van der Waals surface area contributed by atoms with Crippen LogP contribution in [0.4, 0.5) is 22.7 Å². The molecule has 0 aromatic heterocycles. The van der Waals surface area contributed by atoms with Crippen molar-refractivity contribution in [3.63, 3.8) is 0 Å². The van der Waals surface area contributed by atoms with Crippen LogP contribution in [0.5, 0.6) is 0 Å². The predicted molar refractivity (Wildman–Crippen MR) is 126 cm³/mol. The Morgan fingerprint density at radius 1 is 0.812 bits per heavy atom. The monoisotopic (exact) mass is 428 g/mol. The van der Waals surface area contributed by atoms with E-state index in [-0.39, 0.29) is 24.3 Å². The number of benzene rings is 3. The molecule has 3 aromatic rings. The number of amides is 3. The smallest absolute Gasteiger partial charge is 0.257 e. The van der Waals surface area contributed by atoms with Gasteiger partial charge in [0, 0.05) is 18.7 Å². The minimum atomic E-state index is -0.307. The van der Waals surface area contributed by atoms with Crippen LogP contribution >= 0.6 is 0 Å². The Kier molecular flexibility index (Phi) is 6.46. The maximum Gasteiger partial charge on any atom is 0.257 e. The molecule has 1 aliphatic rings. The molecule has 3 aromatic carbocycles. The molecule has 1 fully saturated rings. The van der Waals surface area contributed by atoms with Gasteiger partial charge >= 0.3 is 0 Å². The zero-order chi connectivity index (χ0) is 22.3. The molecule has 0 radical (unpaired) electrons. The van der Waals surface area contributed by atoms with Gasteiger partial charge in [0.2, 0.25) is 11.8 Å². The molecule has 0 spiro atoms. The summed E-state index contributed by atoms with van der Waals surface area (Å²) in [6.45, 7) is 0.668. The van der Waals surface area contributed by atoms with Gasteiger partial charge in [0.15, 0.2) is 0 Å². The lowest BCUT2D eigenvalue weighted by Crippen LogP contribution is -2.27. The number of carbonyl (C=O) groups excluding carboxylic acids is 3. The molecule has 4 rings (SSSR count). The van der Waals surface area contributed by atoms with Crippen molar-refractivity contribution < 1.29 is 14.4 Å². The largest absolute Gasteiger partial charge is 0.374 e. The van der Waals surface area contributed by atoms with Gasteiger partial charge in [0.05, 0.1) is 29.2 Å². The van der Waals surface area contributed by atoms with Gasteiger partial charge in [0.25, 0.3) is 5.91 Å². The van der Waals surface area contributed by atoms with Crippen molar-refractivity contribution in [1.29, 1.82) is 0 Å². The topological polar surface area (TPSA) is 90.5 Å². The molecular formula is C25H24N4O3. The van der Waals surface area contributed by atoms with E-state index in [0.717, 1.165) is 12.1 Å². The SMILES string of the molecule is O=C(CNc1ccccc1N1CCCC1=O)Nc1ccccc1C(=O)Nc1ccccc1. The zero-order valence-corrected chi connectivity index (χ0v) is 17.5. The fourth-order valence-electron chi connectivity index (χ4n) is 3.64. The van der Waals surface area contributed by atoms with Crippen molar-refractivity contribution in [3.05, 3.63) is 84.4 Å². The van der Waals surface area contributed by atoms with Gasteiger partial charge in [-0.3, -0.25) is 14.4 Å². The highest BCUT2D eigenvalue weighted by atomic mass is 16.2. The molecule has 7 heteroatoms. The van der Waals surface area contributed by atoms with Crippen molar-refractivity contribution in [2.75, 3.05) is 33.9 Å². The highest BCUT2D eigenvalue weighted by Gasteiger charge is 2.23. The number of hydrogen-bond donors (Lipinski definition) is 3. The third kappa shape index (κ3) is 4.95. The summed E-state index contributed by atoms with van der Waals surface area (Å²) in [5, 5.41) is 8.74. The van der Waals surface area contributed by atoms with E-state index >= 15 is 0 Å². The highest BCUT2D eigenvalue weighted by molar-refractivity contribution is 6.10.